The molecule has 0 aliphatic rings. The zero-order valence-electron chi connectivity index (χ0n) is 12.0. The van der Waals surface area contributed by atoms with Crippen molar-refractivity contribution in [2.75, 3.05) is 18.9 Å². The molecular formula is C15H24N2O. The Labute approximate surface area is 110 Å². The molecule has 0 fully saturated rings. The van der Waals surface area contributed by atoms with E-state index < -0.39 is 0 Å². The molecule has 1 amide bonds. The molecule has 3 nitrogen and oxygen atoms in total. The molecule has 1 rings (SSSR count). The van der Waals surface area contributed by atoms with Crippen molar-refractivity contribution in [2.24, 2.45) is 11.8 Å². The van der Waals surface area contributed by atoms with Crippen LogP contribution in [-0.4, -0.2) is 19.5 Å². The van der Waals surface area contributed by atoms with Crippen molar-refractivity contribution >= 4 is 11.6 Å². The maximum atomic E-state index is 12.1. The fraction of sp³-hybridized carbons (Fsp3) is 0.533. The van der Waals surface area contributed by atoms with Gasteiger partial charge in [0.25, 0.3) is 5.91 Å². The molecule has 0 bridgehead atoms. The van der Waals surface area contributed by atoms with Crippen LogP contribution in [0.3, 0.4) is 0 Å². The number of hydrogen-bond acceptors (Lipinski definition) is 2. The summed E-state index contributed by atoms with van der Waals surface area (Å²) in [7, 11) is 1.87. The van der Waals surface area contributed by atoms with Crippen molar-refractivity contribution in [1.82, 2.24) is 5.32 Å². The molecule has 0 saturated carbocycles. The topological polar surface area (TPSA) is 41.1 Å². The normalized spacial score (nSPS) is 12.3. The Morgan fingerprint density at radius 3 is 2.44 bits per heavy atom. The summed E-state index contributed by atoms with van der Waals surface area (Å²) in [4.78, 5) is 12.1. The van der Waals surface area contributed by atoms with Crippen molar-refractivity contribution in [3.05, 3.63) is 29.3 Å². The highest BCUT2D eigenvalue weighted by Crippen LogP contribution is 2.15. The summed E-state index contributed by atoms with van der Waals surface area (Å²) in [6, 6.07) is 5.78. The minimum Gasteiger partial charge on any atom is -0.388 e. The van der Waals surface area contributed by atoms with E-state index in [1.165, 1.54) is 0 Å². The van der Waals surface area contributed by atoms with E-state index in [4.69, 9.17) is 0 Å². The van der Waals surface area contributed by atoms with Gasteiger partial charge >= 0.3 is 0 Å². The van der Waals surface area contributed by atoms with Crippen LogP contribution < -0.4 is 10.6 Å². The van der Waals surface area contributed by atoms with Crippen molar-refractivity contribution in [3.63, 3.8) is 0 Å². The average Bonchev–Trinajstić information content (AvgIpc) is 2.34. The molecule has 0 heterocycles. The number of nitrogens with one attached hydrogen (secondary N) is 2. The molecule has 1 aromatic rings. The maximum Gasteiger partial charge on any atom is 0.251 e. The molecule has 0 aliphatic heterocycles. The average molecular weight is 248 g/mol. The fourth-order valence-electron chi connectivity index (χ4n) is 1.66. The third-order valence-corrected chi connectivity index (χ3v) is 3.48. The first-order chi connectivity index (χ1) is 8.45. The van der Waals surface area contributed by atoms with Gasteiger partial charge in [0.2, 0.25) is 0 Å². The van der Waals surface area contributed by atoms with Gasteiger partial charge in [-0.2, -0.15) is 0 Å². The molecule has 0 spiro atoms. The van der Waals surface area contributed by atoms with Crippen molar-refractivity contribution in [2.45, 2.75) is 27.7 Å². The molecule has 0 saturated heterocycles. The van der Waals surface area contributed by atoms with Gasteiger partial charge in [0, 0.05) is 24.8 Å². The quantitative estimate of drug-likeness (QED) is 0.841. The smallest absolute Gasteiger partial charge is 0.251 e. The highest BCUT2D eigenvalue weighted by atomic mass is 16.1. The van der Waals surface area contributed by atoms with Crippen LogP contribution in [0.5, 0.6) is 0 Å². The predicted molar refractivity (Wildman–Crippen MR) is 77.1 cm³/mol. The second-order valence-electron chi connectivity index (χ2n) is 5.21. The van der Waals surface area contributed by atoms with Crippen LogP contribution >= 0.6 is 0 Å². The number of amides is 1. The number of aryl methyl sites for hydroxylation is 1. The second-order valence-corrected chi connectivity index (χ2v) is 5.21. The van der Waals surface area contributed by atoms with E-state index in [2.05, 4.69) is 31.4 Å². The fourth-order valence-corrected chi connectivity index (χ4v) is 1.66. The molecular weight excluding hydrogens is 224 g/mol. The molecule has 0 aromatic heterocycles. The summed E-state index contributed by atoms with van der Waals surface area (Å²) in [5.41, 5.74) is 2.78. The largest absolute Gasteiger partial charge is 0.388 e. The Morgan fingerprint density at radius 2 is 1.94 bits per heavy atom. The SMILES string of the molecule is CNc1ccc(C(=O)NCC(C)C(C)C)c(C)c1. The number of carbonyl (C=O) groups excluding carboxylic acids is 1. The number of benzene rings is 1. The zero-order valence-corrected chi connectivity index (χ0v) is 12.0. The first-order valence-corrected chi connectivity index (χ1v) is 6.52. The number of rotatable bonds is 5. The highest BCUT2D eigenvalue weighted by molar-refractivity contribution is 5.96. The van der Waals surface area contributed by atoms with Gasteiger partial charge in [-0.15, -0.1) is 0 Å². The van der Waals surface area contributed by atoms with Gasteiger partial charge in [-0.25, -0.2) is 0 Å². The van der Waals surface area contributed by atoms with Crippen LogP contribution in [0.25, 0.3) is 0 Å². The first-order valence-electron chi connectivity index (χ1n) is 6.52. The van der Waals surface area contributed by atoms with E-state index >= 15 is 0 Å². The van der Waals surface area contributed by atoms with Gasteiger partial charge < -0.3 is 10.6 Å². The van der Waals surface area contributed by atoms with Crippen LogP contribution in [0.2, 0.25) is 0 Å². The Balaban J connectivity index is 2.67. The Bertz CT molecular complexity index is 413. The third kappa shape index (κ3) is 3.76. The summed E-state index contributed by atoms with van der Waals surface area (Å²) < 4.78 is 0. The maximum absolute atomic E-state index is 12.1. The van der Waals surface area contributed by atoms with Crippen LogP contribution in [0.1, 0.15) is 36.7 Å². The molecule has 1 unspecified atom stereocenters. The van der Waals surface area contributed by atoms with E-state index in [9.17, 15) is 4.79 Å². The van der Waals surface area contributed by atoms with Crippen LogP contribution in [0.4, 0.5) is 5.69 Å². The molecule has 0 radical (unpaired) electrons. The van der Waals surface area contributed by atoms with Gasteiger partial charge in [0.15, 0.2) is 0 Å². The molecule has 2 N–H and O–H groups in total. The highest BCUT2D eigenvalue weighted by Gasteiger charge is 2.12. The molecule has 1 aromatic carbocycles. The van der Waals surface area contributed by atoms with E-state index in [-0.39, 0.29) is 5.91 Å². The summed E-state index contributed by atoms with van der Waals surface area (Å²) in [5.74, 6) is 1.09. The summed E-state index contributed by atoms with van der Waals surface area (Å²) in [6.07, 6.45) is 0. The number of anilines is 1. The standard InChI is InChI=1S/C15H24N2O/c1-10(2)12(4)9-17-15(18)14-7-6-13(16-5)8-11(14)3/h6-8,10,12,16H,9H2,1-5H3,(H,17,18). The summed E-state index contributed by atoms with van der Waals surface area (Å²) in [5, 5.41) is 6.07. The Morgan fingerprint density at radius 1 is 1.28 bits per heavy atom. The lowest BCUT2D eigenvalue weighted by Crippen LogP contribution is -2.30. The van der Waals surface area contributed by atoms with Crippen LogP contribution in [-0.2, 0) is 0 Å². The first kappa shape index (κ1) is 14.6. The van der Waals surface area contributed by atoms with Crippen LogP contribution in [0.15, 0.2) is 18.2 Å². The molecule has 0 aliphatic carbocycles. The van der Waals surface area contributed by atoms with Crippen LogP contribution in [0, 0.1) is 18.8 Å². The number of hydrogen-bond donors (Lipinski definition) is 2. The third-order valence-electron chi connectivity index (χ3n) is 3.48. The molecule has 18 heavy (non-hydrogen) atoms. The minimum absolute atomic E-state index is 0.0163. The van der Waals surface area contributed by atoms with E-state index in [1.54, 1.807) is 0 Å². The van der Waals surface area contributed by atoms with Gasteiger partial charge in [-0.1, -0.05) is 20.8 Å². The Kier molecular flexibility index (Phi) is 5.20. The van der Waals surface area contributed by atoms with Crippen molar-refractivity contribution < 1.29 is 4.79 Å². The molecule has 3 heteroatoms. The van der Waals surface area contributed by atoms with E-state index in [0.717, 1.165) is 23.4 Å². The second kappa shape index (κ2) is 6.43. The summed E-state index contributed by atoms with van der Waals surface area (Å²) >= 11 is 0. The predicted octanol–water partition coefficient (Wildman–Crippen LogP) is 3.06. The Hall–Kier alpha value is -1.51. The van der Waals surface area contributed by atoms with Crippen molar-refractivity contribution in [1.29, 1.82) is 0 Å². The van der Waals surface area contributed by atoms with Gasteiger partial charge in [0.1, 0.15) is 0 Å². The lowest BCUT2D eigenvalue weighted by atomic mass is 9.98. The van der Waals surface area contributed by atoms with Gasteiger partial charge in [-0.3, -0.25) is 4.79 Å². The minimum atomic E-state index is 0.0163. The van der Waals surface area contributed by atoms with Gasteiger partial charge in [0.05, 0.1) is 0 Å². The molecule has 1 atom stereocenters. The number of carbonyl (C=O) groups is 1. The van der Waals surface area contributed by atoms with Gasteiger partial charge in [-0.05, 0) is 42.5 Å². The van der Waals surface area contributed by atoms with Crippen molar-refractivity contribution in [3.8, 4) is 0 Å². The molecule has 100 valence electrons. The zero-order chi connectivity index (χ0) is 13.7. The lowest BCUT2D eigenvalue weighted by Gasteiger charge is -2.16. The van der Waals surface area contributed by atoms with E-state index in [0.29, 0.717) is 11.8 Å². The monoisotopic (exact) mass is 248 g/mol. The van der Waals surface area contributed by atoms with E-state index in [1.807, 2.05) is 32.2 Å². The lowest BCUT2D eigenvalue weighted by molar-refractivity contribution is 0.0944. The summed E-state index contributed by atoms with van der Waals surface area (Å²) in [6.45, 7) is 9.18.